The summed E-state index contributed by atoms with van der Waals surface area (Å²) in [4.78, 5) is 38.7. The van der Waals surface area contributed by atoms with Gasteiger partial charge in [-0.05, 0) is 77.0 Å². The van der Waals surface area contributed by atoms with E-state index in [-0.39, 0.29) is 12.5 Å². The molecule has 3 rings (SSSR count). The Morgan fingerprint density at radius 1 is 1.11 bits per heavy atom. The second-order valence-corrected chi connectivity index (χ2v) is 10.7. The summed E-state index contributed by atoms with van der Waals surface area (Å²) >= 11 is 0. The fourth-order valence-electron chi connectivity index (χ4n) is 4.92. The zero-order chi connectivity index (χ0) is 25.5. The first-order valence-corrected chi connectivity index (χ1v) is 12.9. The highest BCUT2D eigenvalue weighted by Gasteiger charge is 2.44. The Morgan fingerprint density at radius 2 is 1.80 bits per heavy atom. The summed E-state index contributed by atoms with van der Waals surface area (Å²) in [5.74, 6) is -0.352. The van der Waals surface area contributed by atoms with Crippen LogP contribution in [0, 0.1) is 0 Å². The van der Waals surface area contributed by atoms with Crippen molar-refractivity contribution in [2.45, 2.75) is 95.7 Å². The second-order valence-electron chi connectivity index (χ2n) is 10.7. The van der Waals surface area contributed by atoms with E-state index in [1.807, 2.05) is 12.1 Å². The van der Waals surface area contributed by atoms with Crippen molar-refractivity contribution >= 4 is 18.0 Å². The SMILES string of the molecule is CCOC(=O)C(Cc1ccc(C2CCCNC2)cc1)NC(=O)C1(NC(=O)OC(C)(C)C)CCCC1. The molecule has 2 atom stereocenters. The summed E-state index contributed by atoms with van der Waals surface area (Å²) in [5.41, 5.74) is 0.457. The van der Waals surface area contributed by atoms with E-state index in [1.54, 1.807) is 27.7 Å². The lowest BCUT2D eigenvalue weighted by atomic mass is 9.90. The third-order valence-corrected chi connectivity index (χ3v) is 6.70. The number of hydrogen-bond acceptors (Lipinski definition) is 6. The van der Waals surface area contributed by atoms with Gasteiger partial charge in [0.15, 0.2) is 0 Å². The van der Waals surface area contributed by atoms with Crippen LogP contribution in [0.5, 0.6) is 0 Å². The highest BCUT2D eigenvalue weighted by atomic mass is 16.6. The average Bonchev–Trinajstić information content (AvgIpc) is 3.28. The summed E-state index contributed by atoms with van der Waals surface area (Å²) in [7, 11) is 0. The molecule has 35 heavy (non-hydrogen) atoms. The van der Waals surface area contributed by atoms with Gasteiger partial charge in [0, 0.05) is 13.0 Å². The fraction of sp³-hybridized carbons (Fsp3) is 0.667. The number of carbonyl (C=O) groups excluding carboxylic acids is 3. The van der Waals surface area contributed by atoms with Crippen LogP contribution in [0.4, 0.5) is 4.79 Å². The first-order chi connectivity index (χ1) is 16.6. The van der Waals surface area contributed by atoms with Crippen molar-refractivity contribution in [2.24, 2.45) is 0 Å². The van der Waals surface area contributed by atoms with E-state index < -0.39 is 29.2 Å². The number of carbonyl (C=O) groups is 3. The zero-order valence-corrected chi connectivity index (χ0v) is 21.6. The molecule has 0 spiro atoms. The smallest absolute Gasteiger partial charge is 0.408 e. The highest BCUT2D eigenvalue weighted by molar-refractivity contribution is 5.93. The molecule has 1 aromatic carbocycles. The van der Waals surface area contributed by atoms with E-state index in [4.69, 9.17) is 9.47 Å². The number of hydrogen-bond donors (Lipinski definition) is 3. The number of benzene rings is 1. The van der Waals surface area contributed by atoms with Crippen molar-refractivity contribution in [1.29, 1.82) is 0 Å². The molecule has 3 N–H and O–H groups in total. The zero-order valence-electron chi connectivity index (χ0n) is 21.6. The van der Waals surface area contributed by atoms with Crippen LogP contribution in [0.1, 0.15) is 83.3 Å². The number of nitrogens with one attached hydrogen (secondary N) is 3. The van der Waals surface area contributed by atoms with Gasteiger partial charge in [-0.25, -0.2) is 9.59 Å². The first-order valence-electron chi connectivity index (χ1n) is 12.9. The number of esters is 1. The van der Waals surface area contributed by atoms with Crippen LogP contribution < -0.4 is 16.0 Å². The van der Waals surface area contributed by atoms with E-state index in [0.29, 0.717) is 25.2 Å². The molecular formula is C27H41N3O5. The molecule has 2 amide bonds. The molecule has 0 radical (unpaired) electrons. The van der Waals surface area contributed by atoms with Crippen LogP contribution in [-0.2, 0) is 25.5 Å². The van der Waals surface area contributed by atoms with Crippen LogP contribution >= 0.6 is 0 Å². The Bertz CT molecular complexity index is 866. The third kappa shape index (κ3) is 7.69. The molecule has 1 aliphatic carbocycles. The molecule has 1 saturated carbocycles. The lowest BCUT2D eigenvalue weighted by Crippen LogP contribution is -2.60. The van der Waals surface area contributed by atoms with Crippen molar-refractivity contribution in [3.05, 3.63) is 35.4 Å². The molecule has 1 aliphatic heterocycles. The fourth-order valence-corrected chi connectivity index (χ4v) is 4.92. The number of rotatable bonds is 8. The van der Waals surface area contributed by atoms with Gasteiger partial charge in [0.25, 0.3) is 0 Å². The maximum absolute atomic E-state index is 13.4. The van der Waals surface area contributed by atoms with E-state index in [9.17, 15) is 14.4 Å². The largest absolute Gasteiger partial charge is 0.464 e. The highest BCUT2D eigenvalue weighted by Crippen LogP contribution is 2.31. The topological polar surface area (TPSA) is 106 Å². The van der Waals surface area contributed by atoms with Crippen LogP contribution in [0.15, 0.2) is 24.3 Å². The Morgan fingerprint density at radius 3 is 2.37 bits per heavy atom. The predicted octanol–water partition coefficient (Wildman–Crippen LogP) is 3.58. The summed E-state index contributed by atoms with van der Waals surface area (Å²) in [6.45, 7) is 9.35. The maximum atomic E-state index is 13.4. The molecule has 8 heteroatoms. The van der Waals surface area contributed by atoms with E-state index in [1.165, 1.54) is 18.4 Å². The van der Waals surface area contributed by atoms with Gasteiger partial charge < -0.3 is 25.4 Å². The number of piperidine rings is 1. The molecule has 2 fully saturated rings. The molecule has 1 heterocycles. The minimum Gasteiger partial charge on any atom is -0.464 e. The number of ether oxygens (including phenoxy) is 2. The Balaban J connectivity index is 1.71. The summed E-state index contributed by atoms with van der Waals surface area (Å²) in [6, 6.07) is 7.42. The Labute approximate surface area is 208 Å². The van der Waals surface area contributed by atoms with Gasteiger partial charge in [-0.2, -0.15) is 0 Å². The minimum atomic E-state index is -1.09. The minimum absolute atomic E-state index is 0.222. The van der Waals surface area contributed by atoms with Gasteiger partial charge in [0.2, 0.25) is 5.91 Å². The summed E-state index contributed by atoms with van der Waals surface area (Å²) in [6.07, 6.45) is 4.64. The number of alkyl carbamates (subject to hydrolysis) is 1. The van der Waals surface area contributed by atoms with Crippen LogP contribution in [0.2, 0.25) is 0 Å². The molecule has 0 aromatic heterocycles. The Kier molecular flexibility index (Phi) is 9.16. The second kappa shape index (κ2) is 11.9. The lowest BCUT2D eigenvalue weighted by Gasteiger charge is -2.32. The van der Waals surface area contributed by atoms with Gasteiger partial charge in [0.1, 0.15) is 17.2 Å². The van der Waals surface area contributed by atoms with Crippen molar-refractivity contribution in [2.75, 3.05) is 19.7 Å². The molecule has 0 bridgehead atoms. The molecule has 2 aliphatic rings. The maximum Gasteiger partial charge on any atom is 0.408 e. The van der Waals surface area contributed by atoms with Crippen molar-refractivity contribution in [3.8, 4) is 0 Å². The van der Waals surface area contributed by atoms with Gasteiger partial charge >= 0.3 is 12.1 Å². The third-order valence-electron chi connectivity index (χ3n) is 6.70. The molecule has 8 nitrogen and oxygen atoms in total. The summed E-state index contributed by atoms with van der Waals surface area (Å²) in [5, 5.41) is 9.13. The quantitative estimate of drug-likeness (QED) is 0.484. The monoisotopic (exact) mass is 487 g/mol. The van der Waals surface area contributed by atoms with Crippen molar-refractivity contribution in [1.82, 2.24) is 16.0 Å². The molecular weight excluding hydrogens is 446 g/mol. The molecule has 1 aromatic rings. The molecule has 194 valence electrons. The normalized spacial score (nSPS) is 20.5. The van der Waals surface area contributed by atoms with E-state index in [2.05, 4.69) is 28.1 Å². The molecule has 2 unspecified atom stereocenters. The van der Waals surface area contributed by atoms with Crippen molar-refractivity contribution in [3.63, 3.8) is 0 Å². The van der Waals surface area contributed by atoms with E-state index >= 15 is 0 Å². The van der Waals surface area contributed by atoms with E-state index in [0.717, 1.165) is 31.5 Å². The standard InChI is InChI=1S/C27H41N3O5/c1-5-34-23(31)22(17-19-10-12-20(13-11-19)21-9-8-16-28-18-21)29-24(32)27(14-6-7-15-27)30-25(33)35-26(2,3)4/h10-13,21-22,28H,5-9,14-18H2,1-4H3,(H,29,32)(H,30,33). The summed E-state index contributed by atoms with van der Waals surface area (Å²) < 4.78 is 10.7. The predicted molar refractivity (Wildman–Crippen MR) is 134 cm³/mol. The van der Waals surface area contributed by atoms with Gasteiger partial charge in [0.05, 0.1) is 6.61 Å². The number of amides is 2. The van der Waals surface area contributed by atoms with Crippen LogP contribution in [0.3, 0.4) is 0 Å². The van der Waals surface area contributed by atoms with Crippen LogP contribution in [-0.4, -0.2) is 54.8 Å². The van der Waals surface area contributed by atoms with Crippen LogP contribution in [0.25, 0.3) is 0 Å². The average molecular weight is 488 g/mol. The Hall–Kier alpha value is -2.61. The van der Waals surface area contributed by atoms with Gasteiger partial charge in [-0.3, -0.25) is 4.79 Å². The first kappa shape index (κ1) is 27.0. The van der Waals surface area contributed by atoms with Crippen molar-refractivity contribution < 1.29 is 23.9 Å². The van der Waals surface area contributed by atoms with Gasteiger partial charge in [-0.15, -0.1) is 0 Å². The van der Waals surface area contributed by atoms with Gasteiger partial charge in [-0.1, -0.05) is 37.1 Å². The lowest BCUT2D eigenvalue weighted by molar-refractivity contribution is -0.148. The molecule has 1 saturated heterocycles.